The highest BCUT2D eigenvalue weighted by atomic mass is 32.2. The van der Waals surface area contributed by atoms with E-state index in [0.717, 1.165) is 46.6 Å². The highest BCUT2D eigenvalue weighted by molar-refractivity contribution is 7.98. The molecule has 0 atom stereocenters. The van der Waals surface area contributed by atoms with Crippen molar-refractivity contribution >= 4 is 23.5 Å². The first kappa shape index (κ1) is 25.4. The topological polar surface area (TPSA) is 85.8 Å². The number of nitrogens with zero attached hydrogens (tertiary/aromatic N) is 3. The molecular formula is C28H32N4O4S. The molecule has 0 unspecified atom stereocenters. The average Bonchev–Trinajstić information content (AvgIpc) is 3.39. The maximum atomic E-state index is 12.8. The smallest absolute Gasteiger partial charge is 0.251 e. The Bertz CT molecular complexity index is 1270. The minimum absolute atomic E-state index is 0.0880. The Morgan fingerprint density at radius 3 is 2.62 bits per heavy atom. The van der Waals surface area contributed by atoms with E-state index in [0.29, 0.717) is 36.8 Å². The molecule has 1 N–H and O–H groups in total. The average molecular weight is 521 g/mol. The third-order valence-electron chi connectivity index (χ3n) is 6.24. The van der Waals surface area contributed by atoms with Crippen molar-refractivity contribution in [2.45, 2.75) is 43.6 Å². The summed E-state index contributed by atoms with van der Waals surface area (Å²) in [6, 6.07) is 15.5. The molecule has 1 aromatic heterocycles. The number of fused-ring (bicyclic) bond motifs is 1. The van der Waals surface area contributed by atoms with Gasteiger partial charge in [-0.05, 0) is 35.4 Å². The second kappa shape index (κ2) is 11.0. The molecule has 37 heavy (non-hydrogen) atoms. The van der Waals surface area contributed by atoms with Crippen molar-refractivity contribution < 1.29 is 19.0 Å². The Kier molecular flexibility index (Phi) is 7.53. The van der Waals surface area contributed by atoms with Gasteiger partial charge >= 0.3 is 0 Å². The van der Waals surface area contributed by atoms with Gasteiger partial charge in [0, 0.05) is 42.4 Å². The van der Waals surface area contributed by atoms with Crippen LogP contribution >= 0.6 is 11.8 Å². The maximum Gasteiger partial charge on any atom is 0.251 e. The lowest BCUT2D eigenvalue weighted by molar-refractivity contribution is 0.0950. The molecule has 0 aliphatic carbocycles. The van der Waals surface area contributed by atoms with Crippen LogP contribution in [0.5, 0.6) is 11.5 Å². The van der Waals surface area contributed by atoms with Crippen LogP contribution in [-0.4, -0.2) is 49.0 Å². The third-order valence-corrected chi connectivity index (χ3v) is 7.16. The predicted octanol–water partition coefficient (Wildman–Crippen LogP) is 4.56. The summed E-state index contributed by atoms with van der Waals surface area (Å²) in [6.45, 7) is 10.2. The van der Waals surface area contributed by atoms with E-state index in [4.69, 9.17) is 24.2 Å². The first-order chi connectivity index (χ1) is 17.8. The Labute approximate surface area is 221 Å². The number of hydrogen-bond acceptors (Lipinski definition) is 8. The molecule has 2 aromatic carbocycles. The second-order valence-electron chi connectivity index (χ2n) is 10.1. The number of hydrogen-bond donors (Lipinski definition) is 1. The van der Waals surface area contributed by atoms with E-state index < -0.39 is 0 Å². The summed E-state index contributed by atoms with van der Waals surface area (Å²) in [6.07, 6.45) is 0. The number of carbonyl (C=O) groups excluding carboxylic acids is 1. The maximum absolute atomic E-state index is 12.8. The number of ether oxygens (including phenoxy) is 3. The SMILES string of the molecule is CC(C)(C)c1cc(N2CCOCC2)nc(SCc2cccc(C(=O)NCc3ccc4c(c3)OCO4)c2)n1. The van der Waals surface area contributed by atoms with Gasteiger partial charge in [-0.2, -0.15) is 0 Å². The number of anilines is 1. The van der Waals surface area contributed by atoms with Gasteiger partial charge in [0.05, 0.1) is 18.9 Å². The highest BCUT2D eigenvalue weighted by Gasteiger charge is 2.21. The van der Waals surface area contributed by atoms with Crippen LogP contribution in [0.15, 0.2) is 53.7 Å². The first-order valence-electron chi connectivity index (χ1n) is 12.5. The van der Waals surface area contributed by atoms with Gasteiger partial charge in [-0.3, -0.25) is 4.79 Å². The zero-order valence-corrected chi connectivity index (χ0v) is 22.3. The van der Waals surface area contributed by atoms with Crippen LogP contribution in [0.2, 0.25) is 0 Å². The molecule has 1 saturated heterocycles. The zero-order valence-electron chi connectivity index (χ0n) is 21.5. The molecule has 5 rings (SSSR count). The van der Waals surface area contributed by atoms with Crippen LogP contribution in [0, 0.1) is 0 Å². The molecule has 0 radical (unpaired) electrons. The monoisotopic (exact) mass is 520 g/mol. The van der Waals surface area contributed by atoms with E-state index >= 15 is 0 Å². The number of carbonyl (C=O) groups is 1. The predicted molar refractivity (Wildman–Crippen MR) is 144 cm³/mol. The fourth-order valence-corrected chi connectivity index (χ4v) is 4.90. The van der Waals surface area contributed by atoms with Gasteiger partial charge in [0.2, 0.25) is 6.79 Å². The first-order valence-corrected chi connectivity index (χ1v) is 13.4. The lowest BCUT2D eigenvalue weighted by Crippen LogP contribution is -2.37. The number of amides is 1. The summed E-state index contributed by atoms with van der Waals surface area (Å²) in [5.74, 6) is 2.93. The minimum Gasteiger partial charge on any atom is -0.454 e. The van der Waals surface area contributed by atoms with Crippen LogP contribution in [-0.2, 0) is 22.4 Å². The molecular weight excluding hydrogens is 488 g/mol. The quantitative estimate of drug-likeness (QED) is 0.358. The standard InChI is InChI=1S/C28H32N4O4S/c1-28(2,3)24-15-25(32-9-11-34-12-10-32)31-27(30-24)37-17-20-5-4-6-21(13-20)26(33)29-16-19-7-8-22-23(14-19)36-18-35-22/h4-8,13-15H,9-12,16-18H2,1-3H3,(H,29,33). The number of aromatic nitrogens is 2. The van der Waals surface area contributed by atoms with Crippen molar-refractivity contribution in [3.63, 3.8) is 0 Å². The minimum atomic E-state index is -0.120. The Morgan fingerprint density at radius 2 is 1.81 bits per heavy atom. The van der Waals surface area contributed by atoms with Gasteiger partial charge in [-0.25, -0.2) is 9.97 Å². The van der Waals surface area contributed by atoms with Crippen molar-refractivity contribution in [2.75, 3.05) is 38.0 Å². The van der Waals surface area contributed by atoms with E-state index in [2.05, 4.69) is 37.1 Å². The van der Waals surface area contributed by atoms with Crippen LogP contribution in [0.3, 0.4) is 0 Å². The van der Waals surface area contributed by atoms with Crippen molar-refractivity contribution in [1.82, 2.24) is 15.3 Å². The molecule has 1 fully saturated rings. The van der Waals surface area contributed by atoms with Gasteiger partial charge in [-0.1, -0.05) is 50.7 Å². The third kappa shape index (κ3) is 6.34. The summed E-state index contributed by atoms with van der Waals surface area (Å²) < 4.78 is 16.3. The Morgan fingerprint density at radius 1 is 1.00 bits per heavy atom. The van der Waals surface area contributed by atoms with E-state index in [-0.39, 0.29) is 18.1 Å². The molecule has 3 heterocycles. The molecule has 0 saturated carbocycles. The normalized spacial score (nSPS) is 15.1. The number of nitrogens with one attached hydrogen (secondary N) is 1. The van der Waals surface area contributed by atoms with Crippen LogP contribution < -0.4 is 19.7 Å². The fourth-order valence-electron chi connectivity index (χ4n) is 4.10. The molecule has 2 aliphatic rings. The second-order valence-corrected chi connectivity index (χ2v) is 11.0. The van der Waals surface area contributed by atoms with Gasteiger partial charge in [0.25, 0.3) is 5.91 Å². The van der Waals surface area contributed by atoms with Crippen molar-refractivity contribution in [3.05, 3.63) is 70.9 Å². The molecule has 1 amide bonds. The molecule has 8 nitrogen and oxygen atoms in total. The molecule has 2 aliphatic heterocycles. The van der Waals surface area contributed by atoms with Crippen LogP contribution in [0.4, 0.5) is 5.82 Å². The van der Waals surface area contributed by atoms with Crippen molar-refractivity contribution in [3.8, 4) is 11.5 Å². The highest BCUT2D eigenvalue weighted by Crippen LogP contribution is 2.32. The van der Waals surface area contributed by atoms with Gasteiger partial charge in [0.15, 0.2) is 16.7 Å². The molecule has 0 spiro atoms. The van der Waals surface area contributed by atoms with Gasteiger partial charge in [0.1, 0.15) is 5.82 Å². The summed E-state index contributed by atoms with van der Waals surface area (Å²) >= 11 is 1.59. The lowest BCUT2D eigenvalue weighted by Gasteiger charge is -2.29. The van der Waals surface area contributed by atoms with E-state index in [9.17, 15) is 4.79 Å². The summed E-state index contributed by atoms with van der Waals surface area (Å²) in [5.41, 5.74) is 3.55. The van der Waals surface area contributed by atoms with Crippen LogP contribution in [0.1, 0.15) is 48.0 Å². The van der Waals surface area contributed by atoms with E-state index in [1.54, 1.807) is 11.8 Å². The lowest BCUT2D eigenvalue weighted by atomic mass is 9.92. The van der Waals surface area contributed by atoms with Gasteiger partial charge in [-0.15, -0.1) is 0 Å². The van der Waals surface area contributed by atoms with Crippen molar-refractivity contribution in [2.24, 2.45) is 0 Å². The Balaban J connectivity index is 1.24. The molecule has 9 heteroatoms. The summed E-state index contributed by atoms with van der Waals surface area (Å²) in [7, 11) is 0. The van der Waals surface area contributed by atoms with Crippen molar-refractivity contribution in [1.29, 1.82) is 0 Å². The number of rotatable bonds is 7. The molecule has 0 bridgehead atoms. The fraction of sp³-hybridized carbons (Fsp3) is 0.393. The van der Waals surface area contributed by atoms with E-state index in [1.807, 2.05) is 42.5 Å². The number of morpholine rings is 1. The summed E-state index contributed by atoms with van der Waals surface area (Å²) in [4.78, 5) is 24.8. The molecule has 3 aromatic rings. The largest absolute Gasteiger partial charge is 0.454 e. The molecule has 194 valence electrons. The van der Waals surface area contributed by atoms with Crippen LogP contribution in [0.25, 0.3) is 0 Å². The number of benzene rings is 2. The zero-order chi connectivity index (χ0) is 25.8. The van der Waals surface area contributed by atoms with Gasteiger partial charge < -0.3 is 24.4 Å². The Hall–Kier alpha value is -3.30. The number of thioether (sulfide) groups is 1. The summed E-state index contributed by atoms with van der Waals surface area (Å²) in [5, 5.41) is 3.74. The van der Waals surface area contributed by atoms with E-state index in [1.165, 1.54) is 0 Å².